The van der Waals surface area contributed by atoms with E-state index in [9.17, 15) is 0 Å². The second-order valence-electron chi connectivity index (χ2n) is 4.95. The summed E-state index contributed by atoms with van der Waals surface area (Å²) in [7, 11) is 0. The van der Waals surface area contributed by atoms with Crippen molar-refractivity contribution in [2.45, 2.75) is 58.5 Å². The van der Waals surface area contributed by atoms with Gasteiger partial charge in [0.2, 0.25) is 0 Å². The molecular formula is C13H25N. The van der Waals surface area contributed by atoms with Gasteiger partial charge in [0, 0.05) is 12.1 Å². The van der Waals surface area contributed by atoms with Gasteiger partial charge in [-0.1, -0.05) is 19.9 Å². The Hall–Kier alpha value is -0.300. The average molecular weight is 195 g/mol. The van der Waals surface area contributed by atoms with E-state index in [1.807, 2.05) is 6.08 Å². The predicted octanol–water partition coefficient (Wildman–Crippen LogP) is 3.37. The zero-order valence-corrected chi connectivity index (χ0v) is 9.92. The lowest BCUT2D eigenvalue weighted by Crippen LogP contribution is -2.38. The van der Waals surface area contributed by atoms with Gasteiger partial charge >= 0.3 is 0 Å². The molecule has 0 saturated heterocycles. The molecule has 0 spiro atoms. The Morgan fingerprint density at radius 1 is 1.43 bits per heavy atom. The molecule has 0 aromatic rings. The summed E-state index contributed by atoms with van der Waals surface area (Å²) in [5.74, 6) is 1.75. The lowest BCUT2D eigenvalue weighted by molar-refractivity contribution is 0.338. The molecule has 4 atom stereocenters. The first-order chi connectivity index (χ1) is 6.65. The quantitative estimate of drug-likeness (QED) is 0.663. The second kappa shape index (κ2) is 5.55. The van der Waals surface area contributed by atoms with E-state index >= 15 is 0 Å². The van der Waals surface area contributed by atoms with Crippen LogP contribution in [0.15, 0.2) is 12.7 Å². The first-order valence-corrected chi connectivity index (χ1v) is 6.02. The number of rotatable bonds is 5. The van der Waals surface area contributed by atoms with Crippen molar-refractivity contribution in [3.05, 3.63) is 12.7 Å². The van der Waals surface area contributed by atoms with Crippen LogP contribution in [0, 0.1) is 11.8 Å². The summed E-state index contributed by atoms with van der Waals surface area (Å²) >= 11 is 0. The summed E-state index contributed by atoms with van der Waals surface area (Å²) in [5, 5.41) is 3.75. The van der Waals surface area contributed by atoms with E-state index in [-0.39, 0.29) is 0 Å². The van der Waals surface area contributed by atoms with Crippen molar-refractivity contribution >= 4 is 0 Å². The molecule has 1 aliphatic rings. The van der Waals surface area contributed by atoms with Crippen LogP contribution in [0.1, 0.15) is 46.5 Å². The Morgan fingerprint density at radius 3 is 2.64 bits per heavy atom. The maximum Gasteiger partial charge on any atom is 0.00978 e. The molecule has 14 heavy (non-hydrogen) atoms. The van der Waals surface area contributed by atoms with E-state index in [1.54, 1.807) is 0 Å². The van der Waals surface area contributed by atoms with E-state index in [1.165, 1.54) is 19.3 Å². The maximum absolute atomic E-state index is 3.76. The molecule has 0 radical (unpaired) electrons. The number of allylic oxidation sites excluding steroid dienone is 1. The average Bonchev–Trinajstić information content (AvgIpc) is 2.46. The molecule has 0 heterocycles. The molecule has 1 saturated carbocycles. The standard InChI is InChI=1S/C13H25N/c1-5-6-7-11(3)14-13-9-8-10(2)12(13)4/h5,10-14H,1,6-9H2,2-4H3. The minimum Gasteiger partial charge on any atom is -0.311 e. The number of hydrogen-bond donors (Lipinski definition) is 1. The minimum atomic E-state index is 0.644. The Kier molecular flexibility index (Phi) is 4.67. The summed E-state index contributed by atoms with van der Waals surface area (Å²) in [4.78, 5) is 0. The van der Waals surface area contributed by atoms with Crippen LogP contribution in [0.3, 0.4) is 0 Å². The van der Waals surface area contributed by atoms with Gasteiger partial charge in [0.15, 0.2) is 0 Å². The van der Waals surface area contributed by atoms with Gasteiger partial charge in [0.1, 0.15) is 0 Å². The van der Waals surface area contributed by atoms with Gasteiger partial charge in [0.25, 0.3) is 0 Å². The largest absolute Gasteiger partial charge is 0.311 e. The van der Waals surface area contributed by atoms with Gasteiger partial charge in [-0.25, -0.2) is 0 Å². The van der Waals surface area contributed by atoms with Crippen molar-refractivity contribution in [1.29, 1.82) is 0 Å². The summed E-state index contributed by atoms with van der Waals surface area (Å²) in [6.45, 7) is 10.8. The molecule has 82 valence electrons. The molecule has 0 aliphatic heterocycles. The van der Waals surface area contributed by atoms with Crippen molar-refractivity contribution < 1.29 is 0 Å². The van der Waals surface area contributed by atoms with Gasteiger partial charge in [-0.15, -0.1) is 6.58 Å². The van der Waals surface area contributed by atoms with Crippen LogP contribution in [0.4, 0.5) is 0 Å². The van der Waals surface area contributed by atoms with Gasteiger partial charge < -0.3 is 5.32 Å². The van der Waals surface area contributed by atoms with Crippen LogP contribution in [-0.2, 0) is 0 Å². The fourth-order valence-electron chi connectivity index (χ4n) is 2.42. The maximum atomic E-state index is 3.76. The van der Waals surface area contributed by atoms with E-state index in [2.05, 4.69) is 32.7 Å². The van der Waals surface area contributed by atoms with E-state index in [0.29, 0.717) is 6.04 Å². The molecule has 1 heteroatoms. The van der Waals surface area contributed by atoms with Crippen LogP contribution < -0.4 is 5.32 Å². The smallest absolute Gasteiger partial charge is 0.00978 e. The topological polar surface area (TPSA) is 12.0 Å². The molecule has 0 bridgehead atoms. The van der Waals surface area contributed by atoms with Crippen LogP contribution in [0.25, 0.3) is 0 Å². The number of hydrogen-bond acceptors (Lipinski definition) is 1. The molecule has 0 aromatic heterocycles. The summed E-state index contributed by atoms with van der Waals surface area (Å²) in [6.07, 6.45) is 7.12. The Bertz CT molecular complexity index is 176. The highest BCUT2D eigenvalue weighted by atomic mass is 15.0. The SMILES string of the molecule is C=CCCC(C)NC1CCC(C)C1C. The summed E-state index contributed by atoms with van der Waals surface area (Å²) < 4.78 is 0. The third-order valence-electron chi connectivity index (χ3n) is 3.77. The Balaban J connectivity index is 2.26. The van der Waals surface area contributed by atoms with Crippen molar-refractivity contribution in [3.8, 4) is 0 Å². The number of nitrogens with one attached hydrogen (secondary N) is 1. The summed E-state index contributed by atoms with van der Waals surface area (Å²) in [5.41, 5.74) is 0. The van der Waals surface area contributed by atoms with E-state index in [4.69, 9.17) is 0 Å². The van der Waals surface area contributed by atoms with E-state index in [0.717, 1.165) is 24.3 Å². The minimum absolute atomic E-state index is 0.644. The first-order valence-electron chi connectivity index (χ1n) is 6.02. The van der Waals surface area contributed by atoms with Crippen molar-refractivity contribution in [3.63, 3.8) is 0 Å². The lowest BCUT2D eigenvalue weighted by Gasteiger charge is -2.24. The summed E-state index contributed by atoms with van der Waals surface area (Å²) in [6, 6.07) is 1.40. The van der Waals surface area contributed by atoms with Crippen LogP contribution in [0.5, 0.6) is 0 Å². The molecule has 0 amide bonds. The zero-order valence-electron chi connectivity index (χ0n) is 9.92. The zero-order chi connectivity index (χ0) is 10.6. The monoisotopic (exact) mass is 195 g/mol. The van der Waals surface area contributed by atoms with Crippen LogP contribution >= 0.6 is 0 Å². The molecule has 1 aliphatic carbocycles. The Labute approximate surface area is 89.0 Å². The fraction of sp³-hybridized carbons (Fsp3) is 0.846. The lowest BCUT2D eigenvalue weighted by atomic mass is 9.97. The van der Waals surface area contributed by atoms with E-state index < -0.39 is 0 Å². The van der Waals surface area contributed by atoms with Crippen LogP contribution in [-0.4, -0.2) is 12.1 Å². The predicted molar refractivity (Wildman–Crippen MR) is 63.4 cm³/mol. The first kappa shape index (κ1) is 11.8. The van der Waals surface area contributed by atoms with Crippen LogP contribution in [0.2, 0.25) is 0 Å². The second-order valence-corrected chi connectivity index (χ2v) is 4.95. The van der Waals surface area contributed by atoms with Crippen molar-refractivity contribution in [2.24, 2.45) is 11.8 Å². The van der Waals surface area contributed by atoms with Gasteiger partial charge in [0.05, 0.1) is 0 Å². The van der Waals surface area contributed by atoms with Gasteiger partial charge in [-0.3, -0.25) is 0 Å². The van der Waals surface area contributed by atoms with Gasteiger partial charge in [-0.05, 0) is 44.4 Å². The van der Waals surface area contributed by atoms with Gasteiger partial charge in [-0.2, -0.15) is 0 Å². The fourth-order valence-corrected chi connectivity index (χ4v) is 2.42. The molecule has 1 rings (SSSR count). The molecule has 0 aromatic carbocycles. The third-order valence-corrected chi connectivity index (χ3v) is 3.77. The molecule has 1 fully saturated rings. The van der Waals surface area contributed by atoms with Crippen molar-refractivity contribution in [1.82, 2.24) is 5.32 Å². The third kappa shape index (κ3) is 3.13. The normalized spacial score (nSPS) is 34.4. The Morgan fingerprint density at radius 2 is 2.14 bits per heavy atom. The highest BCUT2D eigenvalue weighted by Crippen LogP contribution is 2.31. The highest BCUT2D eigenvalue weighted by Gasteiger charge is 2.29. The van der Waals surface area contributed by atoms with Crippen molar-refractivity contribution in [2.75, 3.05) is 0 Å². The highest BCUT2D eigenvalue weighted by molar-refractivity contribution is 4.86. The molecule has 1 N–H and O–H groups in total. The molecule has 1 nitrogen and oxygen atoms in total. The molecular weight excluding hydrogens is 170 g/mol. The molecule has 4 unspecified atom stereocenters.